The van der Waals surface area contributed by atoms with E-state index in [4.69, 9.17) is 28.8 Å². The second-order valence-corrected chi connectivity index (χ2v) is 26.1. The Morgan fingerprint density at radius 3 is 2.02 bits per heavy atom. The molecule has 2 saturated heterocycles. The van der Waals surface area contributed by atoms with Crippen LogP contribution >= 0.6 is 35.1 Å². The molecule has 0 spiro atoms. The van der Waals surface area contributed by atoms with Crippen LogP contribution in [-0.4, -0.2) is 202 Å². The number of Topliss-reactive ketones (excluding diaryl/α,β-unsaturated/α-hetero) is 3. The van der Waals surface area contributed by atoms with Gasteiger partial charge in [0.15, 0.2) is 11.6 Å². The number of primary amides is 3. The number of amides is 13. The third-order valence-electron chi connectivity index (χ3n) is 15.5. The first-order valence-electron chi connectivity index (χ1n) is 31.2. The summed E-state index contributed by atoms with van der Waals surface area (Å²) in [6.07, 6.45) is -2.63. The van der Waals surface area contributed by atoms with Gasteiger partial charge in [0.05, 0.1) is 29.5 Å². The van der Waals surface area contributed by atoms with Gasteiger partial charge in [0, 0.05) is 95.5 Å². The van der Waals surface area contributed by atoms with Crippen molar-refractivity contribution in [3.63, 3.8) is 0 Å². The van der Waals surface area contributed by atoms with Crippen molar-refractivity contribution in [1.82, 2.24) is 52.8 Å². The van der Waals surface area contributed by atoms with E-state index in [1.807, 2.05) is 13.8 Å². The third-order valence-corrected chi connectivity index (χ3v) is 17.8. The van der Waals surface area contributed by atoms with Gasteiger partial charge >= 0.3 is 0 Å². The topological polar surface area (TPSA) is 483 Å². The molecule has 2 aliphatic heterocycles. The van der Waals surface area contributed by atoms with Crippen molar-refractivity contribution >= 4 is 129 Å². The summed E-state index contributed by atoms with van der Waals surface area (Å²) in [5.41, 5.74) is 16.9. The number of alkyl halides is 1. The molecule has 3 rings (SSSR count). The summed E-state index contributed by atoms with van der Waals surface area (Å²) in [5.74, 6) is -17.2. The van der Waals surface area contributed by atoms with E-state index in [-0.39, 0.29) is 125 Å². The number of phenolic OH excluding ortho intramolecular Hbond substituents is 1. The van der Waals surface area contributed by atoms with Gasteiger partial charge in [-0.05, 0) is 68.1 Å². The lowest BCUT2D eigenvalue weighted by Crippen LogP contribution is -2.60. The fraction of sp³-hybridized carbons (Fsp3) is 0.639. The van der Waals surface area contributed by atoms with Crippen LogP contribution in [0.15, 0.2) is 24.3 Å². The van der Waals surface area contributed by atoms with Gasteiger partial charge in [-0.2, -0.15) is 11.8 Å². The van der Waals surface area contributed by atoms with Gasteiger partial charge in [-0.3, -0.25) is 76.7 Å². The molecule has 13 amide bonds. The average molecular weight is 1380 g/mol. The van der Waals surface area contributed by atoms with Crippen molar-refractivity contribution in [1.29, 1.82) is 0 Å². The average Bonchev–Trinajstić information content (AvgIpc) is 1.60. The molecule has 2 aliphatic rings. The zero-order chi connectivity index (χ0) is 70.2. The number of nitrogens with two attached hydrogens (primary N) is 3. The van der Waals surface area contributed by atoms with Gasteiger partial charge < -0.3 is 75.1 Å². The molecular formula is C61H92ClN13O17S2. The number of hydrogen-bond donors (Lipinski definition) is 13. The second kappa shape index (κ2) is 41.8. The lowest BCUT2D eigenvalue weighted by molar-refractivity contribution is -0.142. The molecule has 10 atom stereocenters. The van der Waals surface area contributed by atoms with Crippen molar-refractivity contribution in [3.05, 3.63) is 29.8 Å². The predicted molar refractivity (Wildman–Crippen MR) is 348 cm³/mol. The number of likely N-dealkylation sites (tertiary alicyclic amines) is 1. The minimum Gasteiger partial charge on any atom is -0.508 e. The fourth-order valence-corrected chi connectivity index (χ4v) is 12.2. The fourth-order valence-electron chi connectivity index (χ4n) is 10.3. The maximum absolute atomic E-state index is 14.8. The third kappa shape index (κ3) is 29.6. The molecule has 2 fully saturated rings. The first kappa shape index (κ1) is 80.4. The molecule has 0 radical (unpaired) electrons. The molecule has 33 heteroatoms. The lowest BCUT2D eigenvalue weighted by atomic mass is 9.91. The minimum atomic E-state index is -1.66. The number of hydrogen-bond acceptors (Lipinski definition) is 19. The van der Waals surface area contributed by atoms with E-state index in [2.05, 4.69) is 47.9 Å². The molecule has 1 aromatic carbocycles. The van der Waals surface area contributed by atoms with E-state index in [1.54, 1.807) is 13.8 Å². The summed E-state index contributed by atoms with van der Waals surface area (Å²) in [6.45, 7) is 8.02. The first-order valence-corrected chi connectivity index (χ1v) is 34.1. The molecule has 522 valence electrons. The van der Waals surface area contributed by atoms with Gasteiger partial charge in [-0.1, -0.05) is 46.2 Å². The molecule has 0 saturated carbocycles. The van der Waals surface area contributed by atoms with E-state index in [0.717, 1.165) is 30.4 Å². The van der Waals surface area contributed by atoms with Crippen LogP contribution in [0.1, 0.15) is 124 Å². The highest BCUT2D eigenvalue weighted by molar-refractivity contribution is 8.00. The molecule has 94 heavy (non-hydrogen) atoms. The Bertz CT molecular complexity index is 2870. The van der Waals surface area contributed by atoms with Crippen LogP contribution in [0.5, 0.6) is 5.75 Å². The van der Waals surface area contributed by atoms with Crippen molar-refractivity contribution < 1.29 is 81.8 Å². The number of nitrogens with one attached hydrogen (secondary N) is 9. The van der Waals surface area contributed by atoms with Crippen LogP contribution in [-0.2, 0) is 83.1 Å². The molecule has 16 N–H and O–H groups in total. The Labute approximate surface area is 559 Å². The zero-order valence-electron chi connectivity index (χ0n) is 53.8. The number of phenols is 1. The van der Waals surface area contributed by atoms with Crippen LogP contribution in [0.4, 0.5) is 0 Å². The molecule has 0 aliphatic carbocycles. The molecule has 0 bridgehead atoms. The number of ketones is 3. The van der Waals surface area contributed by atoms with E-state index in [0.29, 0.717) is 12.0 Å². The van der Waals surface area contributed by atoms with Gasteiger partial charge in [0.25, 0.3) is 0 Å². The van der Waals surface area contributed by atoms with Crippen LogP contribution in [0, 0.1) is 23.7 Å². The van der Waals surface area contributed by atoms with Gasteiger partial charge in [-0.25, -0.2) is 0 Å². The maximum Gasteiger partial charge on any atom is 0.246 e. The Morgan fingerprint density at radius 1 is 0.734 bits per heavy atom. The van der Waals surface area contributed by atoms with E-state index in [9.17, 15) is 81.8 Å². The molecular weight excluding hydrogens is 1290 g/mol. The largest absolute Gasteiger partial charge is 0.508 e. The summed E-state index contributed by atoms with van der Waals surface area (Å²) in [4.78, 5) is 217. The summed E-state index contributed by atoms with van der Waals surface area (Å²) < 4.78 is 0. The number of carbonyl (C=O) groups is 16. The van der Waals surface area contributed by atoms with Crippen molar-refractivity contribution in [2.75, 3.05) is 55.1 Å². The summed E-state index contributed by atoms with van der Waals surface area (Å²) >= 11 is 7.40. The standard InChI is InChI=1S/C61H92ClN13O17S2/c1-6-34(4)54-60(91)70-41(15-17-49(63)81)48(80)26-38(27-51(65)83)56(87)73-45(61(92)75-22-8-10-46(75)59(90)71-42(23-33(2)3)47(79)16-18-50(64)82)31-94-32-53(85)66-19-7-9-37(55(86)68-21-20-67-52(84)28-62)25-40(78)29-93-30-44(69-35(5)76)58(89)72-43(57(88)74-54)24-36-11-13-39(77)14-12-36/h11-14,33-34,37-38,41-46,54,77H,6-10,15-32H2,1-5H3,(H2,63,81)(H2,64,82)(H2,65,83)(H,66,85)(H,67,84)(H,68,86)(H,69,76)(H,70,91)(H,71,90)(H,72,89)(H,73,87)(H,74,88)/t34-,37-,38-,41-,42-,43-,44-,45-,46-,54-/m0/s1. The number of rotatable bonds is 24. The number of carbonyl (C=O) groups excluding carboxylic acids is 16. The molecule has 30 nitrogen and oxygen atoms in total. The monoisotopic (exact) mass is 1380 g/mol. The number of benzene rings is 1. The quantitative estimate of drug-likeness (QED) is 0.0390. The Kier molecular flexibility index (Phi) is 35.7. The summed E-state index contributed by atoms with van der Waals surface area (Å²) in [5, 5.41) is 33.7. The van der Waals surface area contributed by atoms with Crippen molar-refractivity contribution in [2.24, 2.45) is 40.9 Å². The summed E-state index contributed by atoms with van der Waals surface area (Å²) in [6, 6.07) is -4.16. The highest BCUT2D eigenvalue weighted by Gasteiger charge is 2.41. The van der Waals surface area contributed by atoms with Crippen molar-refractivity contribution in [3.8, 4) is 5.75 Å². The van der Waals surface area contributed by atoms with Crippen LogP contribution in [0.2, 0.25) is 0 Å². The SMILES string of the molecule is CC[C@H](C)[C@@H]1NC(=O)[C@H](Cc2ccc(O)cc2)NC(=O)[C@@H](NC(C)=O)CSCC(=O)C[C@@H](C(=O)NCCNC(=O)CCl)CCCNC(=O)CSC[C@@H](C(=O)N2CCC[C@H]2C(=O)N[C@@H](CC(C)C)C(=O)CCC(N)=O)NC(=O)[C@H](CC(N)=O)CC(=O)[C@H](CCC(N)=O)NC1=O. The van der Waals surface area contributed by atoms with Crippen molar-refractivity contribution in [2.45, 2.75) is 167 Å². The predicted octanol–water partition coefficient (Wildman–Crippen LogP) is -2.08. The second-order valence-electron chi connectivity index (χ2n) is 23.8. The Morgan fingerprint density at radius 2 is 1.39 bits per heavy atom. The molecule has 2 heterocycles. The Balaban J connectivity index is 2.16. The highest BCUT2D eigenvalue weighted by atomic mass is 35.5. The first-order chi connectivity index (χ1) is 44.4. The molecule has 1 aromatic rings. The highest BCUT2D eigenvalue weighted by Crippen LogP contribution is 2.24. The van der Waals surface area contributed by atoms with E-state index in [1.165, 1.54) is 29.2 Å². The number of aromatic hydroxyl groups is 1. The minimum absolute atomic E-state index is 0.0116. The number of nitrogens with zero attached hydrogens (tertiary/aromatic N) is 1. The van der Waals surface area contributed by atoms with Crippen LogP contribution in [0.25, 0.3) is 0 Å². The number of thioether (sulfide) groups is 2. The van der Waals surface area contributed by atoms with Gasteiger partial charge in [-0.15, -0.1) is 23.4 Å². The van der Waals surface area contributed by atoms with E-state index >= 15 is 0 Å². The van der Waals surface area contributed by atoms with E-state index < -0.39 is 180 Å². The lowest BCUT2D eigenvalue weighted by Gasteiger charge is -2.31. The zero-order valence-corrected chi connectivity index (χ0v) is 56.2. The van der Waals surface area contributed by atoms with Crippen LogP contribution in [0.3, 0.4) is 0 Å². The smallest absolute Gasteiger partial charge is 0.246 e. The summed E-state index contributed by atoms with van der Waals surface area (Å²) in [7, 11) is 0. The Hall–Kier alpha value is -7.87. The van der Waals surface area contributed by atoms with Gasteiger partial charge in [0.2, 0.25) is 76.8 Å². The molecule has 0 aromatic heterocycles. The van der Waals surface area contributed by atoms with Gasteiger partial charge in [0.1, 0.15) is 47.6 Å². The normalized spacial score (nSPS) is 22.9. The van der Waals surface area contributed by atoms with Crippen LogP contribution < -0.4 is 65.1 Å². The maximum atomic E-state index is 14.8. The molecule has 0 unspecified atom stereocenters. The number of halogens is 1.